The minimum Gasteiger partial charge on any atom is -0.368 e. The summed E-state index contributed by atoms with van der Waals surface area (Å²) >= 11 is 0. The maximum atomic E-state index is 12.8. The molecule has 1 aromatic carbocycles. The van der Waals surface area contributed by atoms with Gasteiger partial charge in [0.2, 0.25) is 10.0 Å². The fraction of sp³-hybridized carbons (Fsp3) is 0.400. The normalized spacial score (nSPS) is 16.1. The Kier molecular flexibility index (Phi) is 6.31. The van der Waals surface area contributed by atoms with Crippen LogP contribution in [0.4, 0.5) is 5.69 Å². The van der Waals surface area contributed by atoms with Gasteiger partial charge in [-0.3, -0.25) is 4.79 Å². The number of benzene rings is 1. The monoisotopic (exact) mass is 403 g/mol. The average Bonchev–Trinajstić information content (AvgIpc) is 2.73. The first kappa shape index (κ1) is 20.3. The number of carbonyl (C=O) groups excluding carboxylic acids is 1. The number of hydrogen-bond donors (Lipinski definition) is 1. The topological polar surface area (TPSA) is 83.9 Å². The van der Waals surface area contributed by atoms with Crippen molar-refractivity contribution in [1.29, 1.82) is 0 Å². The largest absolute Gasteiger partial charge is 0.368 e. The van der Waals surface area contributed by atoms with E-state index < -0.39 is 10.0 Å². The van der Waals surface area contributed by atoms with E-state index in [1.54, 1.807) is 12.1 Å². The van der Waals surface area contributed by atoms with E-state index in [0.717, 1.165) is 18.8 Å². The summed E-state index contributed by atoms with van der Waals surface area (Å²) in [5.41, 5.74) is 1.64. The molecule has 28 heavy (non-hydrogen) atoms. The van der Waals surface area contributed by atoms with Gasteiger partial charge in [-0.05, 0) is 37.6 Å². The standard InChI is InChI=1S/C20H26N4O3S/c1-3-16(2)22-28(26,27)19-6-4-17(5-7-19)20(25)24-14-12-23(13-15-24)18-8-10-21-11-9-18/h4-11,16,22H,3,12-15H2,1-2H3/p+1/t16-/m0/s1. The predicted molar refractivity (Wildman–Crippen MR) is 108 cm³/mol. The highest BCUT2D eigenvalue weighted by Gasteiger charge is 2.23. The van der Waals surface area contributed by atoms with Crippen molar-refractivity contribution in [2.24, 2.45) is 0 Å². The van der Waals surface area contributed by atoms with E-state index in [9.17, 15) is 13.2 Å². The molecule has 2 N–H and O–H groups in total. The lowest BCUT2D eigenvalue weighted by molar-refractivity contribution is -0.377. The van der Waals surface area contributed by atoms with Crippen LogP contribution in [0, 0.1) is 0 Å². The van der Waals surface area contributed by atoms with Gasteiger partial charge in [-0.15, -0.1) is 0 Å². The molecule has 1 aromatic heterocycles. The third-order valence-electron chi connectivity index (χ3n) is 5.01. The van der Waals surface area contributed by atoms with Crippen molar-refractivity contribution in [2.75, 3.05) is 31.1 Å². The fourth-order valence-electron chi connectivity index (χ4n) is 3.13. The molecule has 0 unspecified atom stereocenters. The number of nitrogens with zero attached hydrogens (tertiary/aromatic N) is 2. The van der Waals surface area contributed by atoms with Gasteiger partial charge in [-0.2, -0.15) is 0 Å². The third kappa shape index (κ3) is 4.69. The van der Waals surface area contributed by atoms with Crippen LogP contribution in [0.15, 0.2) is 53.7 Å². The molecule has 1 aliphatic heterocycles. The molecule has 0 radical (unpaired) electrons. The number of H-pyrrole nitrogens is 1. The van der Waals surface area contributed by atoms with E-state index in [4.69, 9.17) is 0 Å². The molecule has 1 saturated heterocycles. The van der Waals surface area contributed by atoms with Crippen LogP contribution < -0.4 is 14.6 Å². The van der Waals surface area contributed by atoms with Gasteiger partial charge in [-0.25, -0.2) is 18.1 Å². The molecule has 0 spiro atoms. The number of anilines is 1. The first-order valence-corrected chi connectivity index (χ1v) is 11.0. The molecule has 3 rings (SSSR count). The number of aromatic amines is 1. The molecule has 7 nitrogen and oxygen atoms in total. The van der Waals surface area contributed by atoms with Crippen molar-refractivity contribution in [2.45, 2.75) is 31.2 Å². The maximum absolute atomic E-state index is 12.8. The molecule has 8 heteroatoms. The number of sulfonamides is 1. The van der Waals surface area contributed by atoms with Gasteiger partial charge >= 0.3 is 0 Å². The zero-order valence-electron chi connectivity index (χ0n) is 16.3. The number of aromatic nitrogens is 1. The number of carbonyl (C=O) groups is 1. The lowest BCUT2D eigenvalue weighted by atomic mass is 10.2. The second-order valence-electron chi connectivity index (χ2n) is 6.99. The van der Waals surface area contributed by atoms with Gasteiger partial charge in [0.15, 0.2) is 12.4 Å². The van der Waals surface area contributed by atoms with Gasteiger partial charge in [-0.1, -0.05) is 6.92 Å². The molecule has 0 aliphatic carbocycles. The summed E-state index contributed by atoms with van der Waals surface area (Å²) in [6.45, 7) is 6.54. The van der Waals surface area contributed by atoms with Crippen LogP contribution in [-0.2, 0) is 10.0 Å². The maximum Gasteiger partial charge on any atom is 0.253 e. The number of nitrogens with one attached hydrogen (secondary N) is 2. The Labute approximate surface area is 166 Å². The van der Waals surface area contributed by atoms with E-state index in [1.807, 2.05) is 43.3 Å². The second kappa shape index (κ2) is 8.70. The Bertz CT molecular complexity index is 893. The number of piperazine rings is 1. The van der Waals surface area contributed by atoms with Gasteiger partial charge in [0.1, 0.15) is 0 Å². The van der Waals surface area contributed by atoms with Gasteiger partial charge < -0.3 is 9.80 Å². The minimum absolute atomic E-state index is 0.0696. The van der Waals surface area contributed by atoms with Crippen molar-refractivity contribution >= 4 is 21.6 Å². The molecule has 2 aromatic rings. The highest BCUT2D eigenvalue weighted by molar-refractivity contribution is 7.89. The Morgan fingerprint density at radius 3 is 2.25 bits per heavy atom. The lowest BCUT2D eigenvalue weighted by Gasteiger charge is -2.35. The molecular formula is C20H27N4O3S+. The average molecular weight is 404 g/mol. The predicted octanol–water partition coefficient (Wildman–Crippen LogP) is 1.54. The zero-order chi connectivity index (χ0) is 20.1. The number of hydrogen-bond acceptors (Lipinski definition) is 4. The van der Waals surface area contributed by atoms with Crippen LogP contribution in [0.2, 0.25) is 0 Å². The smallest absolute Gasteiger partial charge is 0.253 e. The summed E-state index contributed by atoms with van der Waals surface area (Å²) in [5.74, 6) is -0.0696. The van der Waals surface area contributed by atoms with Crippen molar-refractivity contribution in [3.63, 3.8) is 0 Å². The molecule has 0 saturated carbocycles. The van der Waals surface area contributed by atoms with E-state index in [2.05, 4.69) is 14.6 Å². The summed E-state index contributed by atoms with van der Waals surface area (Å²) in [6.07, 6.45) is 4.49. The number of rotatable bonds is 6. The van der Waals surface area contributed by atoms with E-state index >= 15 is 0 Å². The molecule has 1 atom stereocenters. The highest BCUT2D eigenvalue weighted by Crippen LogP contribution is 2.17. The molecule has 1 aliphatic rings. The number of amides is 1. The van der Waals surface area contributed by atoms with Gasteiger partial charge in [0.25, 0.3) is 5.91 Å². The summed E-state index contributed by atoms with van der Waals surface area (Å²) in [5, 5.41) is 0. The summed E-state index contributed by atoms with van der Waals surface area (Å²) in [7, 11) is -3.56. The summed E-state index contributed by atoms with van der Waals surface area (Å²) in [6, 6.07) is 10.1. The van der Waals surface area contributed by atoms with Crippen LogP contribution in [0.3, 0.4) is 0 Å². The molecule has 1 amide bonds. The van der Waals surface area contributed by atoms with Crippen molar-refractivity contribution in [1.82, 2.24) is 9.62 Å². The van der Waals surface area contributed by atoms with Crippen LogP contribution in [0.25, 0.3) is 0 Å². The molecule has 150 valence electrons. The Hall–Kier alpha value is -2.45. The Morgan fingerprint density at radius 1 is 1.07 bits per heavy atom. The fourth-order valence-corrected chi connectivity index (χ4v) is 4.46. The van der Waals surface area contributed by atoms with E-state index in [1.165, 1.54) is 12.1 Å². The third-order valence-corrected chi connectivity index (χ3v) is 6.62. The molecular weight excluding hydrogens is 376 g/mol. The summed E-state index contributed by atoms with van der Waals surface area (Å²) < 4.78 is 27.3. The van der Waals surface area contributed by atoms with Gasteiger partial charge in [0, 0.05) is 55.6 Å². The van der Waals surface area contributed by atoms with Crippen molar-refractivity contribution in [3.8, 4) is 0 Å². The van der Waals surface area contributed by atoms with Gasteiger partial charge in [0.05, 0.1) is 4.90 Å². The van der Waals surface area contributed by atoms with Crippen LogP contribution in [-0.4, -0.2) is 51.4 Å². The minimum atomic E-state index is -3.56. The van der Waals surface area contributed by atoms with Crippen LogP contribution in [0.1, 0.15) is 30.6 Å². The Balaban J connectivity index is 1.62. The molecule has 2 heterocycles. The first-order chi connectivity index (χ1) is 13.4. The second-order valence-corrected chi connectivity index (χ2v) is 8.71. The van der Waals surface area contributed by atoms with Crippen molar-refractivity contribution < 1.29 is 18.2 Å². The first-order valence-electron chi connectivity index (χ1n) is 9.53. The number of pyridine rings is 1. The van der Waals surface area contributed by atoms with Crippen LogP contribution >= 0.6 is 0 Å². The lowest BCUT2D eigenvalue weighted by Crippen LogP contribution is -2.48. The summed E-state index contributed by atoms with van der Waals surface area (Å²) in [4.78, 5) is 20.0. The van der Waals surface area contributed by atoms with E-state index in [0.29, 0.717) is 25.1 Å². The molecule has 0 bridgehead atoms. The quantitative estimate of drug-likeness (QED) is 0.793. The Morgan fingerprint density at radius 2 is 1.68 bits per heavy atom. The van der Waals surface area contributed by atoms with E-state index in [-0.39, 0.29) is 16.8 Å². The highest BCUT2D eigenvalue weighted by atomic mass is 32.2. The molecule has 1 fully saturated rings. The SMILES string of the molecule is CC[C@H](C)NS(=O)(=O)c1ccc(C(=O)N2CCN(c3cc[nH+]cc3)CC2)cc1. The van der Waals surface area contributed by atoms with Crippen molar-refractivity contribution in [3.05, 3.63) is 54.4 Å². The zero-order valence-corrected chi connectivity index (χ0v) is 17.1. The van der Waals surface area contributed by atoms with Crippen LogP contribution in [0.5, 0.6) is 0 Å².